The maximum absolute atomic E-state index is 12.2. The van der Waals surface area contributed by atoms with Gasteiger partial charge in [0.25, 0.3) is 5.69 Å². The number of benzene rings is 2. The topological polar surface area (TPSA) is 98.0 Å². The van der Waals surface area contributed by atoms with E-state index in [1.165, 1.54) is 41.3 Å². The van der Waals surface area contributed by atoms with Crippen molar-refractivity contribution < 1.29 is 9.72 Å². The van der Waals surface area contributed by atoms with E-state index in [1.807, 2.05) is 31.2 Å². The largest absolute Gasteiger partial charge is 0.330 e. The Bertz CT molecular complexity index is 958. The van der Waals surface area contributed by atoms with Crippen molar-refractivity contribution in [3.63, 3.8) is 0 Å². The molecule has 1 N–H and O–H groups in total. The van der Waals surface area contributed by atoms with Crippen molar-refractivity contribution in [3.05, 3.63) is 69.8 Å². The fraction of sp³-hybridized carbons (Fsp3) is 0.118. The minimum Gasteiger partial charge on any atom is -0.330 e. The van der Waals surface area contributed by atoms with Crippen LogP contribution in [-0.2, 0) is 0 Å². The molecule has 0 fully saturated rings. The van der Waals surface area contributed by atoms with Gasteiger partial charge in [-0.2, -0.15) is 0 Å². The number of carbonyl (C=O) groups excluding carboxylic acids is 1. The van der Waals surface area contributed by atoms with Crippen LogP contribution in [0.5, 0.6) is 0 Å². The summed E-state index contributed by atoms with van der Waals surface area (Å²) >= 11 is 2.61. The molecule has 7 nitrogen and oxygen atoms in total. The van der Waals surface area contributed by atoms with Gasteiger partial charge in [0, 0.05) is 23.4 Å². The molecule has 0 saturated heterocycles. The number of hydrogen-bond donors (Lipinski definition) is 1. The second-order valence-corrected chi connectivity index (χ2v) is 7.59. The normalized spacial score (nSPS) is 10.5. The van der Waals surface area contributed by atoms with Crippen LogP contribution in [0.1, 0.15) is 15.9 Å². The van der Waals surface area contributed by atoms with Crippen LogP contribution in [0.2, 0.25) is 0 Å². The number of nitro benzene ring substituents is 1. The maximum atomic E-state index is 12.2. The van der Waals surface area contributed by atoms with E-state index in [1.54, 1.807) is 6.07 Å². The van der Waals surface area contributed by atoms with Crippen molar-refractivity contribution in [2.45, 2.75) is 11.3 Å². The number of thioether (sulfide) groups is 1. The molecule has 0 saturated carbocycles. The van der Waals surface area contributed by atoms with Gasteiger partial charge in [-0.3, -0.25) is 14.9 Å². The Hall–Kier alpha value is -2.78. The molecule has 26 heavy (non-hydrogen) atoms. The van der Waals surface area contributed by atoms with Gasteiger partial charge in [-0.25, -0.2) is 0 Å². The number of ketones is 1. The average Bonchev–Trinajstić information content (AvgIpc) is 3.07. The van der Waals surface area contributed by atoms with E-state index < -0.39 is 4.92 Å². The van der Waals surface area contributed by atoms with Crippen molar-refractivity contribution in [2.75, 3.05) is 11.1 Å². The molecule has 0 aliphatic heterocycles. The number of non-ortho nitro benzene ring substituents is 1. The summed E-state index contributed by atoms with van der Waals surface area (Å²) in [5.41, 5.74) is 2.28. The van der Waals surface area contributed by atoms with Crippen molar-refractivity contribution in [2.24, 2.45) is 0 Å². The van der Waals surface area contributed by atoms with E-state index in [-0.39, 0.29) is 17.2 Å². The van der Waals surface area contributed by atoms with Crippen LogP contribution >= 0.6 is 23.1 Å². The molecule has 9 heteroatoms. The third kappa shape index (κ3) is 4.64. The molecule has 0 amide bonds. The monoisotopic (exact) mass is 386 g/mol. The fourth-order valence-corrected chi connectivity index (χ4v) is 3.84. The molecule has 3 aromatic rings. The first-order valence-corrected chi connectivity index (χ1v) is 9.39. The van der Waals surface area contributed by atoms with Gasteiger partial charge < -0.3 is 5.32 Å². The minimum atomic E-state index is -0.516. The Morgan fingerprint density at radius 1 is 1.23 bits per heavy atom. The molecule has 132 valence electrons. The number of nitro groups is 1. The third-order valence-corrected chi connectivity index (χ3v) is 5.35. The van der Waals surface area contributed by atoms with Crippen molar-refractivity contribution in [1.82, 2.24) is 10.2 Å². The molecule has 0 atom stereocenters. The number of carbonyl (C=O) groups is 1. The van der Waals surface area contributed by atoms with E-state index >= 15 is 0 Å². The summed E-state index contributed by atoms with van der Waals surface area (Å²) in [6, 6.07) is 13.6. The summed E-state index contributed by atoms with van der Waals surface area (Å²) in [6.45, 7) is 2.01. The molecule has 1 aromatic heterocycles. The zero-order valence-electron chi connectivity index (χ0n) is 13.7. The van der Waals surface area contributed by atoms with E-state index in [2.05, 4.69) is 15.5 Å². The van der Waals surface area contributed by atoms with Gasteiger partial charge in [0.2, 0.25) is 5.13 Å². The predicted octanol–water partition coefficient (Wildman–Crippen LogP) is 4.47. The molecule has 3 rings (SSSR count). The van der Waals surface area contributed by atoms with Crippen LogP contribution in [0, 0.1) is 17.0 Å². The van der Waals surface area contributed by atoms with Crippen molar-refractivity contribution >= 4 is 45.4 Å². The SMILES string of the molecule is Cc1cccc(Nc2nnc(SCC(=O)c3cccc([N+](=O)[O-])c3)s2)c1. The molecule has 0 aliphatic carbocycles. The van der Waals surface area contributed by atoms with E-state index in [4.69, 9.17) is 0 Å². The number of aromatic nitrogens is 2. The first-order chi connectivity index (χ1) is 12.5. The third-order valence-electron chi connectivity index (χ3n) is 3.38. The fourth-order valence-electron chi connectivity index (χ4n) is 2.17. The van der Waals surface area contributed by atoms with Crippen LogP contribution in [0.3, 0.4) is 0 Å². The molecule has 0 unspecified atom stereocenters. The Morgan fingerprint density at radius 3 is 2.81 bits per heavy atom. The molecule has 0 radical (unpaired) electrons. The molecule has 0 bridgehead atoms. The number of nitrogens with zero attached hydrogens (tertiary/aromatic N) is 3. The van der Waals surface area contributed by atoms with Gasteiger partial charge in [0.15, 0.2) is 10.1 Å². The van der Waals surface area contributed by atoms with Gasteiger partial charge in [0.05, 0.1) is 10.7 Å². The van der Waals surface area contributed by atoms with Gasteiger partial charge in [-0.15, -0.1) is 10.2 Å². The molecule has 2 aromatic carbocycles. The van der Waals surface area contributed by atoms with Crippen LogP contribution in [0.15, 0.2) is 52.9 Å². The lowest BCUT2D eigenvalue weighted by Crippen LogP contribution is -2.03. The van der Waals surface area contributed by atoms with E-state index in [0.29, 0.717) is 15.0 Å². The second-order valence-electron chi connectivity index (χ2n) is 5.39. The summed E-state index contributed by atoms with van der Waals surface area (Å²) < 4.78 is 0.652. The lowest BCUT2D eigenvalue weighted by atomic mass is 10.1. The summed E-state index contributed by atoms with van der Waals surface area (Å²) in [6.07, 6.45) is 0. The Balaban J connectivity index is 1.60. The highest BCUT2D eigenvalue weighted by Gasteiger charge is 2.13. The molecule has 1 heterocycles. The van der Waals surface area contributed by atoms with Gasteiger partial charge in [-0.1, -0.05) is 47.4 Å². The van der Waals surface area contributed by atoms with Crippen LogP contribution in [-0.4, -0.2) is 26.7 Å². The summed E-state index contributed by atoms with van der Waals surface area (Å²) in [7, 11) is 0. The van der Waals surface area contributed by atoms with Gasteiger partial charge >= 0.3 is 0 Å². The number of hydrogen-bond acceptors (Lipinski definition) is 8. The maximum Gasteiger partial charge on any atom is 0.270 e. The van der Waals surface area contributed by atoms with Crippen LogP contribution < -0.4 is 5.32 Å². The number of anilines is 2. The number of rotatable bonds is 7. The summed E-state index contributed by atoms with van der Waals surface area (Å²) in [5.74, 6) is -0.0534. The van der Waals surface area contributed by atoms with E-state index in [9.17, 15) is 14.9 Å². The zero-order chi connectivity index (χ0) is 18.5. The smallest absolute Gasteiger partial charge is 0.270 e. The minimum absolute atomic E-state index is 0.0959. The Labute approximate surface area is 157 Å². The second kappa shape index (κ2) is 8.07. The Morgan fingerprint density at radius 2 is 2.04 bits per heavy atom. The lowest BCUT2D eigenvalue weighted by Gasteiger charge is -2.02. The molecular weight excluding hydrogens is 372 g/mol. The van der Waals surface area contributed by atoms with Crippen molar-refractivity contribution in [3.8, 4) is 0 Å². The Kier molecular flexibility index (Phi) is 5.59. The van der Waals surface area contributed by atoms with Crippen molar-refractivity contribution in [1.29, 1.82) is 0 Å². The van der Waals surface area contributed by atoms with Crippen LogP contribution in [0.25, 0.3) is 0 Å². The molecule has 0 aliphatic rings. The standard InChI is InChI=1S/C17H14N4O3S2/c1-11-4-2-6-13(8-11)18-16-19-20-17(26-16)25-10-15(22)12-5-3-7-14(9-12)21(23)24/h2-9H,10H2,1H3,(H,18,19). The molecule has 0 spiro atoms. The molecular formula is C17H14N4O3S2. The quantitative estimate of drug-likeness (QED) is 0.277. The lowest BCUT2D eigenvalue weighted by molar-refractivity contribution is -0.384. The first kappa shape index (κ1) is 18.0. The van der Waals surface area contributed by atoms with Crippen LogP contribution in [0.4, 0.5) is 16.5 Å². The van der Waals surface area contributed by atoms with E-state index in [0.717, 1.165) is 11.3 Å². The predicted molar refractivity (Wildman–Crippen MR) is 103 cm³/mol. The number of aryl methyl sites for hydroxylation is 1. The highest BCUT2D eigenvalue weighted by Crippen LogP contribution is 2.28. The summed E-state index contributed by atoms with van der Waals surface area (Å²) in [5, 5.41) is 22.7. The highest BCUT2D eigenvalue weighted by atomic mass is 32.2. The highest BCUT2D eigenvalue weighted by molar-refractivity contribution is 8.01. The number of nitrogens with one attached hydrogen (secondary N) is 1. The van der Waals surface area contributed by atoms with Gasteiger partial charge in [-0.05, 0) is 24.6 Å². The van der Waals surface area contributed by atoms with Gasteiger partial charge in [0.1, 0.15) is 0 Å². The average molecular weight is 386 g/mol. The number of Topliss-reactive ketones (excluding diaryl/α,β-unsaturated/α-hetero) is 1. The first-order valence-electron chi connectivity index (χ1n) is 7.59. The summed E-state index contributed by atoms with van der Waals surface area (Å²) in [4.78, 5) is 22.5. The zero-order valence-corrected chi connectivity index (χ0v) is 15.3.